The summed E-state index contributed by atoms with van der Waals surface area (Å²) in [7, 11) is 0. The number of nitrogens with two attached hydrogens (primary N) is 4. The number of carboxylic acids is 1. The molecule has 0 spiro atoms. The molecule has 1 heterocycles. The summed E-state index contributed by atoms with van der Waals surface area (Å²) in [6.45, 7) is 2.23. The van der Waals surface area contributed by atoms with Gasteiger partial charge in [-0.05, 0) is 57.1 Å². The lowest BCUT2D eigenvalue weighted by molar-refractivity contribution is -0.143. The highest BCUT2D eigenvalue weighted by Crippen LogP contribution is 2.13. The summed E-state index contributed by atoms with van der Waals surface area (Å²) in [6.07, 6.45) is -2.35. The number of amides is 11. The van der Waals surface area contributed by atoms with E-state index in [0.29, 0.717) is 18.5 Å². The van der Waals surface area contributed by atoms with Crippen LogP contribution in [0.25, 0.3) is 0 Å². The third-order valence-electron chi connectivity index (χ3n) is 12.1. The molecule has 0 aromatic heterocycles. The molecule has 11 atom stereocenters. The molecular weight excluding hydrogens is 1030 g/mol. The SMILES string of the molecule is CC[C@H](C)[C@H](NC(=O)[C@H](Cc1ccccc1)NC(=O)CNC(=O)[C@H](CO)NC(=O)[C@@H]1CCCN1)C(=O)N[C@@H](CCCN=C(N)N)C(=O)N[C@@H](CC(N)=O)C(=O)N[C@@H](CO)C(=O)N[C@H](C(=O)N[C@@H](CCC(N)=O)C(=O)O)[C@@H](C)O. The molecule has 0 unspecified atom stereocenters. The zero-order valence-corrected chi connectivity index (χ0v) is 43.6. The molecule has 1 fully saturated rings. The number of rotatable bonds is 35. The molecule has 11 amide bonds. The number of carbonyl (C=O) groups is 12. The van der Waals surface area contributed by atoms with Gasteiger partial charge in [0.25, 0.3) is 0 Å². The van der Waals surface area contributed by atoms with Crippen LogP contribution < -0.4 is 76.1 Å². The Labute approximate surface area is 448 Å². The summed E-state index contributed by atoms with van der Waals surface area (Å²) in [5.74, 6) is -13.6. The maximum Gasteiger partial charge on any atom is 0.326 e. The van der Waals surface area contributed by atoms with Gasteiger partial charge in [-0.2, -0.15) is 0 Å². The molecule has 22 N–H and O–H groups in total. The largest absolute Gasteiger partial charge is 0.480 e. The van der Waals surface area contributed by atoms with Gasteiger partial charge in [-0.1, -0.05) is 50.6 Å². The van der Waals surface area contributed by atoms with Gasteiger partial charge in [0, 0.05) is 19.4 Å². The van der Waals surface area contributed by atoms with Crippen LogP contribution >= 0.6 is 0 Å². The predicted octanol–water partition coefficient (Wildman–Crippen LogP) is -8.33. The summed E-state index contributed by atoms with van der Waals surface area (Å²) >= 11 is 0. The lowest BCUT2D eigenvalue weighted by Gasteiger charge is -2.29. The van der Waals surface area contributed by atoms with Crippen LogP contribution in [0.5, 0.6) is 0 Å². The molecule has 2 rings (SSSR count). The second-order valence-corrected chi connectivity index (χ2v) is 18.4. The van der Waals surface area contributed by atoms with Crippen molar-refractivity contribution in [2.45, 2.75) is 139 Å². The van der Waals surface area contributed by atoms with E-state index in [1.54, 1.807) is 44.2 Å². The topological polar surface area (TPSA) is 522 Å². The minimum atomic E-state index is -1.95. The minimum Gasteiger partial charge on any atom is -0.480 e. The van der Waals surface area contributed by atoms with Gasteiger partial charge in [0.05, 0.1) is 38.3 Å². The van der Waals surface area contributed by atoms with E-state index in [1.807, 2.05) is 5.32 Å². The Morgan fingerprint density at radius 1 is 0.654 bits per heavy atom. The second kappa shape index (κ2) is 33.9. The maximum absolute atomic E-state index is 14.3. The van der Waals surface area contributed by atoms with Crippen molar-refractivity contribution in [2.75, 3.05) is 32.8 Å². The summed E-state index contributed by atoms with van der Waals surface area (Å²) in [5.41, 5.74) is 22.0. The summed E-state index contributed by atoms with van der Waals surface area (Å²) in [4.78, 5) is 160. The molecule has 0 radical (unpaired) electrons. The number of carboxylic acid groups (broad SMARTS) is 1. The number of carbonyl (C=O) groups excluding carboxylic acids is 11. The van der Waals surface area contributed by atoms with Gasteiger partial charge in [0.15, 0.2) is 5.96 Å². The Balaban J connectivity index is 2.36. The molecule has 1 aliphatic rings. The average Bonchev–Trinajstić information content (AvgIpc) is 3.94. The van der Waals surface area contributed by atoms with Crippen molar-refractivity contribution in [1.82, 2.24) is 53.2 Å². The zero-order chi connectivity index (χ0) is 58.6. The fraction of sp³-hybridized carbons (Fsp3) is 0.596. The number of aliphatic hydroxyl groups is 3. The number of aliphatic carboxylic acids is 1. The van der Waals surface area contributed by atoms with Crippen LogP contribution in [0.4, 0.5) is 0 Å². The van der Waals surface area contributed by atoms with Crippen molar-refractivity contribution in [3.8, 4) is 0 Å². The van der Waals surface area contributed by atoms with Crippen LogP contribution in [-0.2, 0) is 64.0 Å². The molecule has 0 saturated carbocycles. The van der Waals surface area contributed by atoms with E-state index in [2.05, 4.69) is 52.8 Å². The summed E-state index contributed by atoms with van der Waals surface area (Å²) in [5, 5.41) is 63.7. The summed E-state index contributed by atoms with van der Waals surface area (Å²) in [6, 6.07) is -5.35. The molecule has 0 aliphatic carbocycles. The van der Waals surface area contributed by atoms with Gasteiger partial charge >= 0.3 is 5.97 Å². The molecule has 1 aliphatic heterocycles. The van der Waals surface area contributed by atoms with Crippen LogP contribution in [0, 0.1) is 5.92 Å². The van der Waals surface area contributed by atoms with Gasteiger partial charge in [0.1, 0.15) is 48.3 Å². The van der Waals surface area contributed by atoms with Crippen LogP contribution in [-0.4, -0.2) is 191 Å². The van der Waals surface area contributed by atoms with E-state index in [4.69, 9.17) is 22.9 Å². The van der Waals surface area contributed by atoms with E-state index in [-0.39, 0.29) is 38.2 Å². The first-order chi connectivity index (χ1) is 36.8. The molecule has 434 valence electrons. The quantitative estimate of drug-likeness (QED) is 0.0170. The van der Waals surface area contributed by atoms with Gasteiger partial charge < -0.3 is 96.5 Å². The van der Waals surface area contributed by atoms with Crippen LogP contribution in [0.1, 0.15) is 77.7 Å². The smallest absolute Gasteiger partial charge is 0.326 e. The predicted molar refractivity (Wildman–Crippen MR) is 275 cm³/mol. The Hall–Kier alpha value is -8.03. The number of aliphatic imine (C=N–C) groups is 1. The van der Waals surface area contributed by atoms with E-state index in [9.17, 15) is 78.0 Å². The Morgan fingerprint density at radius 2 is 1.21 bits per heavy atom. The highest BCUT2D eigenvalue weighted by Gasteiger charge is 2.37. The van der Waals surface area contributed by atoms with E-state index in [0.717, 1.165) is 13.3 Å². The van der Waals surface area contributed by atoms with Crippen molar-refractivity contribution in [3.63, 3.8) is 0 Å². The van der Waals surface area contributed by atoms with Crippen LogP contribution in [0.3, 0.4) is 0 Å². The molecule has 1 saturated heterocycles. The van der Waals surface area contributed by atoms with Crippen molar-refractivity contribution in [2.24, 2.45) is 33.8 Å². The highest BCUT2D eigenvalue weighted by molar-refractivity contribution is 5.99. The normalized spacial score (nSPS) is 16.7. The first-order valence-electron chi connectivity index (χ1n) is 25.0. The van der Waals surface area contributed by atoms with Gasteiger partial charge in [-0.15, -0.1) is 0 Å². The Kier molecular flexibility index (Phi) is 28.7. The maximum atomic E-state index is 14.3. The minimum absolute atomic E-state index is 0.0112. The first-order valence-corrected chi connectivity index (χ1v) is 25.0. The van der Waals surface area contributed by atoms with Gasteiger partial charge in [-0.3, -0.25) is 57.7 Å². The standard InChI is InChI=1S/C47H75N15O16/c1-4-23(2)36(61-42(73)29(18-25-10-6-5-7-11-25)55-35(68)20-54-38(69)31(21-63)59-39(70)26-12-8-16-52-26)44(75)56-27(13-9-17-53-47(50)51)40(71)58-30(19-34(49)67)41(72)60-32(22-64)43(74)62-37(24(3)65)45(76)57-28(46(77)78)14-15-33(48)66/h5-7,10-11,23-24,26-32,36-37,52,63-65H,4,8-9,12-22H2,1-3H3,(H2,48,66)(H2,49,67)(H,54,69)(H,55,68)(H,56,75)(H,57,76)(H,58,71)(H,59,70)(H,60,72)(H,61,73)(H,62,74)(H,77,78)(H4,50,51,53)/t23-,24+,26-,27-,28-,29-,30-,31-,32-,36-,37-/m0/s1. The number of aliphatic hydroxyl groups excluding tert-OH is 3. The fourth-order valence-corrected chi connectivity index (χ4v) is 7.57. The Morgan fingerprint density at radius 3 is 1.76 bits per heavy atom. The third kappa shape index (κ3) is 23.5. The number of nitrogens with zero attached hydrogens (tertiary/aromatic N) is 1. The van der Waals surface area contributed by atoms with Crippen molar-refractivity contribution in [3.05, 3.63) is 35.9 Å². The second-order valence-electron chi connectivity index (χ2n) is 18.4. The lowest BCUT2D eigenvalue weighted by atomic mass is 9.96. The molecule has 31 heteroatoms. The van der Waals surface area contributed by atoms with E-state index in [1.165, 1.54) is 0 Å². The van der Waals surface area contributed by atoms with Gasteiger partial charge in [-0.25, -0.2) is 4.79 Å². The van der Waals surface area contributed by atoms with E-state index >= 15 is 0 Å². The molecule has 31 nitrogen and oxygen atoms in total. The van der Waals surface area contributed by atoms with Crippen molar-refractivity contribution < 1.29 is 78.0 Å². The zero-order valence-electron chi connectivity index (χ0n) is 43.6. The molecule has 78 heavy (non-hydrogen) atoms. The van der Waals surface area contributed by atoms with Gasteiger partial charge in [0.2, 0.25) is 65.0 Å². The Bertz CT molecular complexity index is 2280. The third-order valence-corrected chi connectivity index (χ3v) is 12.1. The van der Waals surface area contributed by atoms with E-state index < -0.39 is 176 Å². The lowest BCUT2D eigenvalue weighted by Crippen LogP contribution is -2.62. The first kappa shape index (κ1) is 66.1. The number of hydrogen-bond acceptors (Lipinski definition) is 17. The van der Waals surface area contributed by atoms with Crippen LogP contribution in [0.2, 0.25) is 0 Å². The highest BCUT2D eigenvalue weighted by atomic mass is 16.4. The number of primary amides is 2. The van der Waals surface area contributed by atoms with Crippen LogP contribution in [0.15, 0.2) is 35.3 Å². The molecule has 1 aromatic carbocycles. The molecule has 0 bridgehead atoms. The molecular formula is C47H75N15O16. The molecule has 1 aromatic rings. The van der Waals surface area contributed by atoms with Crippen molar-refractivity contribution in [1.29, 1.82) is 0 Å². The number of hydrogen-bond donors (Lipinski definition) is 18. The average molecular weight is 1110 g/mol. The summed E-state index contributed by atoms with van der Waals surface area (Å²) < 4.78 is 0. The van der Waals surface area contributed by atoms with Crippen molar-refractivity contribution >= 4 is 76.9 Å². The number of guanidine groups is 1. The fourth-order valence-electron chi connectivity index (χ4n) is 7.57. The monoisotopic (exact) mass is 1110 g/mol. The number of benzene rings is 1. The number of nitrogens with one attached hydrogen (secondary N) is 10.